The summed E-state index contributed by atoms with van der Waals surface area (Å²) in [6, 6.07) is 3.55. The number of sulfonamides is 1. The first-order valence-electron chi connectivity index (χ1n) is 5.15. The van der Waals surface area contributed by atoms with Crippen LogP contribution in [0.1, 0.15) is 12.8 Å². The van der Waals surface area contributed by atoms with Crippen molar-refractivity contribution >= 4 is 27.3 Å². The van der Waals surface area contributed by atoms with E-state index in [-0.39, 0.29) is 16.5 Å². The summed E-state index contributed by atoms with van der Waals surface area (Å²) in [5.41, 5.74) is 0.00600. The Morgan fingerprint density at radius 2 is 1.95 bits per heavy atom. The standard InChI is InChI=1S/C10H11ClF3NO3S/c11-8-6-7(16)2-3-9(8)15-19(17,18)5-1-4-10(12,13)14/h2-3,6,15-16H,1,4-5H2. The second-order valence-corrected chi connectivity index (χ2v) is 6.05. The van der Waals surface area contributed by atoms with Crippen LogP contribution >= 0.6 is 11.6 Å². The van der Waals surface area contributed by atoms with E-state index in [0.717, 1.165) is 6.07 Å². The van der Waals surface area contributed by atoms with Crippen molar-refractivity contribution in [3.63, 3.8) is 0 Å². The number of nitrogens with one attached hydrogen (secondary N) is 1. The zero-order valence-corrected chi connectivity index (χ0v) is 11.1. The fourth-order valence-corrected chi connectivity index (χ4v) is 2.69. The second kappa shape index (κ2) is 5.87. The summed E-state index contributed by atoms with van der Waals surface area (Å²) >= 11 is 5.68. The van der Waals surface area contributed by atoms with Crippen LogP contribution in [0.4, 0.5) is 18.9 Å². The quantitative estimate of drug-likeness (QED) is 0.820. The molecular formula is C10H11ClF3NO3S. The van der Waals surface area contributed by atoms with E-state index >= 15 is 0 Å². The molecular weight excluding hydrogens is 307 g/mol. The first-order valence-corrected chi connectivity index (χ1v) is 7.18. The first kappa shape index (κ1) is 15.9. The van der Waals surface area contributed by atoms with Gasteiger partial charge in [-0.2, -0.15) is 13.2 Å². The van der Waals surface area contributed by atoms with Crippen LogP contribution in [-0.4, -0.2) is 25.5 Å². The molecule has 0 spiro atoms. The van der Waals surface area contributed by atoms with Crippen molar-refractivity contribution in [2.45, 2.75) is 19.0 Å². The number of hydrogen-bond acceptors (Lipinski definition) is 3. The number of aromatic hydroxyl groups is 1. The Labute approximate surface area is 113 Å². The molecule has 108 valence electrons. The van der Waals surface area contributed by atoms with Gasteiger partial charge in [0, 0.05) is 12.5 Å². The van der Waals surface area contributed by atoms with Crippen molar-refractivity contribution in [1.82, 2.24) is 0 Å². The predicted octanol–water partition coefficient (Wildman–Crippen LogP) is 3.13. The Balaban J connectivity index is 2.64. The molecule has 0 atom stereocenters. The summed E-state index contributed by atoms with van der Waals surface area (Å²) in [6.45, 7) is 0. The van der Waals surface area contributed by atoms with Crippen molar-refractivity contribution in [1.29, 1.82) is 0 Å². The molecule has 0 radical (unpaired) electrons. The van der Waals surface area contributed by atoms with E-state index in [1.54, 1.807) is 0 Å². The summed E-state index contributed by atoms with van der Waals surface area (Å²) in [5.74, 6) is -0.811. The number of rotatable bonds is 5. The monoisotopic (exact) mass is 317 g/mol. The molecule has 1 rings (SSSR count). The molecule has 1 aromatic carbocycles. The lowest BCUT2D eigenvalue weighted by molar-refractivity contribution is -0.134. The number of hydrogen-bond donors (Lipinski definition) is 2. The van der Waals surface area contributed by atoms with Crippen molar-refractivity contribution in [3.05, 3.63) is 23.2 Å². The maximum absolute atomic E-state index is 11.9. The van der Waals surface area contributed by atoms with Crippen LogP contribution in [0.5, 0.6) is 5.75 Å². The van der Waals surface area contributed by atoms with Gasteiger partial charge in [0.2, 0.25) is 10.0 Å². The van der Waals surface area contributed by atoms with Crippen molar-refractivity contribution < 1.29 is 26.7 Å². The van der Waals surface area contributed by atoms with Gasteiger partial charge in [-0.25, -0.2) is 8.42 Å². The zero-order chi connectivity index (χ0) is 14.7. The number of alkyl halides is 3. The van der Waals surface area contributed by atoms with Gasteiger partial charge in [-0.15, -0.1) is 0 Å². The third kappa shape index (κ3) is 6.02. The molecule has 0 heterocycles. The number of anilines is 1. The number of halogens is 4. The number of phenols is 1. The number of phenolic OH excluding ortho intramolecular Hbond substituents is 1. The van der Waals surface area contributed by atoms with E-state index in [0.29, 0.717) is 0 Å². The van der Waals surface area contributed by atoms with E-state index in [9.17, 15) is 21.6 Å². The normalized spacial score (nSPS) is 12.4. The molecule has 0 unspecified atom stereocenters. The van der Waals surface area contributed by atoms with Crippen molar-refractivity contribution in [2.75, 3.05) is 10.5 Å². The molecule has 0 aliphatic carbocycles. The van der Waals surface area contributed by atoms with Crippen LogP contribution in [0, 0.1) is 0 Å². The highest BCUT2D eigenvalue weighted by Crippen LogP contribution is 2.27. The zero-order valence-electron chi connectivity index (χ0n) is 9.54. The summed E-state index contributed by atoms with van der Waals surface area (Å²) in [7, 11) is -3.91. The van der Waals surface area contributed by atoms with Gasteiger partial charge in [-0.1, -0.05) is 11.6 Å². The van der Waals surface area contributed by atoms with E-state index in [2.05, 4.69) is 4.72 Å². The van der Waals surface area contributed by atoms with Gasteiger partial charge < -0.3 is 5.11 Å². The minimum absolute atomic E-state index is 0.00600. The summed E-state index contributed by atoms with van der Waals surface area (Å²) in [5, 5.41) is 9.04. The Kier molecular flexibility index (Phi) is 4.92. The van der Waals surface area contributed by atoms with Gasteiger partial charge in [-0.05, 0) is 18.6 Å². The number of benzene rings is 1. The fourth-order valence-electron chi connectivity index (χ4n) is 1.27. The van der Waals surface area contributed by atoms with E-state index in [4.69, 9.17) is 16.7 Å². The van der Waals surface area contributed by atoms with E-state index < -0.39 is 34.8 Å². The van der Waals surface area contributed by atoms with Crippen molar-refractivity contribution in [3.8, 4) is 5.75 Å². The van der Waals surface area contributed by atoms with Gasteiger partial charge in [0.25, 0.3) is 0 Å². The minimum Gasteiger partial charge on any atom is -0.508 e. The average molecular weight is 318 g/mol. The van der Waals surface area contributed by atoms with Gasteiger partial charge >= 0.3 is 6.18 Å². The van der Waals surface area contributed by atoms with Crippen LogP contribution in [0.25, 0.3) is 0 Å². The molecule has 9 heteroatoms. The SMILES string of the molecule is O=S(=O)(CCCC(F)(F)F)Nc1ccc(O)cc1Cl. The maximum Gasteiger partial charge on any atom is 0.389 e. The molecule has 2 N–H and O–H groups in total. The van der Waals surface area contributed by atoms with Crippen LogP contribution in [-0.2, 0) is 10.0 Å². The van der Waals surface area contributed by atoms with Crippen LogP contribution in [0.3, 0.4) is 0 Å². The lowest BCUT2D eigenvalue weighted by Gasteiger charge is -2.10. The molecule has 4 nitrogen and oxygen atoms in total. The third-order valence-electron chi connectivity index (χ3n) is 2.09. The highest BCUT2D eigenvalue weighted by molar-refractivity contribution is 7.92. The Hall–Kier alpha value is -1.15. The average Bonchev–Trinajstić information content (AvgIpc) is 2.20. The molecule has 0 aliphatic rings. The lowest BCUT2D eigenvalue weighted by atomic mass is 10.3. The molecule has 19 heavy (non-hydrogen) atoms. The molecule has 0 aromatic heterocycles. The van der Waals surface area contributed by atoms with Crippen LogP contribution < -0.4 is 4.72 Å². The summed E-state index contributed by atoms with van der Waals surface area (Å²) in [6.07, 6.45) is -6.09. The maximum atomic E-state index is 11.9. The van der Waals surface area contributed by atoms with Gasteiger partial charge in [0.05, 0.1) is 16.5 Å². The van der Waals surface area contributed by atoms with Gasteiger partial charge in [-0.3, -0.25) is 4.72 Å². The lowest BCUT2D eigenvalue weighted by Crippen LogP contribution is -2.19. The molecule has 0 fully saturated rings. The van der Waals surface area contributed by atoms with E-state index in [1.807, 2.05) is 0 Å². The second-order valence-electron chi connectivity index (χ2n) is 3.80. The van der Waals surface area contributed by atoms with Gasteiger partial charge in [0.1, 0.15) is 5.75 Å². The Bertz CT molecular complexity index is 545. The molecule has 0 saturated heterocycles. The fraction of sp³-hybridized carbons (Fsp3) is 0.400. The van der Waals surface area contributed by atoms with Crippen molar-refractivity contribution in [2.24, 2.45) is 0 Å². The highest BCUT2D eigenvalue weighted by Gasteiger charge is 2.27. The third-order valence-corrected chi connectivity index (χ3v) is 3.76. The first-order chi connectivity index (χ1) is 8.59. The highest BCUT2D eigenvalue weighted by atomic mass is 35.5. The predicted molar refractivity (Wildman–Crippen MR) is 65.8 cm³/mol. The molecule has 0 amide bonds. The molecule has 0 saturated carbocycles. The minimum atomic E-state index is -4.38. The van der Waals surface area contributed by atoms with Crippen LogP contribution in [0.2, 0.25) is 5.02 Å². The Morgan fingerprint density at radius 1 is 1.32 bits per heavy atom. The Morgan fingerprint density at radius 3 is 2.47 bits per heavy atom. The van der Waals surface area contributed by atoms with Gasteiger partial charge in [0.15, 0.2) is 0 Å². The molecule has 0 bridgehead atoms. The topological polar surface area (TPSA) is 66.4 Å². The molecule has 1 aromatic rings. The molecule has 0 aliphatic heterocycles. The largest absolute Gasteiger partial charge is 0.508 e. The smallest absolute Gasteiger partial charge is 0.389 e. The summed E-state index contributed by atoms with van der Waals surface area (Å²) in [4.78, 5) is 0. The van der Waals surface area contributed by atoms with E-state index in [1.165, 1.54) is 12.1 Å². The van der Waals surface area contributed by atoms with Crippen LogP contribution in [0.15, 0.2) is 18.2 Å². The summed E-state index contributed by atoms with van der Waals surface area (Å²) < 4.78 is 60.8.